The van der Waals surface area contributed by atoms with E-state index >= 15 is 0 Å². The van der Waals surface area contributed by atoms with Crippen LogP contribution in [0.1, 0.15) is 30.0 Å². The van der Waals surface area contributed by atoms with E-state index in [2.05, 4.69) is 15.6 Å². The van der Waals surface area contributed by atoms with Gasteiger partial charge in [-0.3, -0.25) is 9.59 Å². The number of aryl methyl sites for hydroxylation is 1. The third-order valence-electron chi connectivity index (χ3n) is 2.36. The topological polar surface area (TPSA) is 71.1 Å². The molecule has 0 aliphatic rings. The van der Waals surface area contributed by atoms with Gasteiger partial charge in [0.25, 0.3) is 5.91 Å². The van der Waals surface area contributed by atoms with Gasteiger partial charge >= 0.3 is 0 Å². The van der Waals surface area contributed by atoms with Crippen molar-refractivity contribution < 1.29 is 9.59 Å². The van der Waals surface area contributed by atoms with Gasteiger partial charge in [0.2, 0.25) is 5.91 Å². The van der Waals surface area contributed by atoms with Crippen LogP contribution in [0, 0.1) is 12.8 Å². The zero-order valence-corrected chi connectivity index (χ0v) is 11.0. The van der Waals surface area contributed by atoms with Crippen molar-refractivity contribution in [2.24, 2.45) is 5.92 Å². The summed E-state index contributed by atoms with van der Waals surface area (Å²) in [4.78, 5) is 27.1. The van der Waals surface area contributed by atoms with Gasteiger partial charge in [-0.05, 0) is 19.1 Å². The second-order valence-corrected chi connectivity index (χ2v) is 4.37. The molecule has 1 rings (SSSR count). The smallest absolute Gasteiger partial charge is 0.269 e. The van der Waals surface area contributed by atoms with Crippen LogP contribution in [0.3, 0.4) is 0 Å². The van der Waals surface area contributed by atoms with Crippen LogP contribution in [0.5, 0.6) is 0 Å². The van der Waals surface area contributed by atoms with Crippen molar-refractivity contribution in [2.45, 2.75) is 20.8 Å². The van der Waals surface area contributed by atoms with Gasteiger partial charge < -0.3 is 10.6 Å². The van der Waals surface area contributed by atoms with Crippen molar-refractivity contribution in [3.05, 3.63) is 29.6 Å². The Balaban J connectivity index is 2.32. The SMILES string of the molecule is Cc1cccc(C(=O)NCCNC(=O)C(C)C)n1. The number of pyridine rings is 1. The summed E-state index contributed by atoms with van der Waals surface area (Å²) in [7, 11) is 0. The van der Waals surface area contributed by atoms with Gasteiger partial charge in [0.05, 0.1) is 0 Å². The number of carbonyl (C=O) groups excluding carboxylic acids is 2. The number of carbonyl (C=O) groups is 2. The summed E-state index contributed by atoms with van der Waals surface area (Å²) in [5.74, 6) is -0.283. The summed E-state index contributed by atoms with van der Waals surface area (Å²) >= 11 is 0. The minimum atomic E-state index is -0.225. The monoisotopic (exact) mass is 249 g/mol. The van der Waals surface area contributed by atoms with Gasteiger partial charge in [-0.25, -0.2) is 4.98 Å². The van der Waals surface area contributed by atoms with E-state index in [0.717, 1.165) is 5.69 Å². The summed E-state index contributed by atoms with van der Waals surface area (Å²) in [6.07, 6.45) is 0. The molecule has 0 bridgehead atoms. The lowest BCUT2D eigenvalue weighted by Crippen LogP contribution is -2.36. The Morgan fingerprint density at radius 3 is 2.50 bits per heavy atom. The molecule has 0 radical (unpaired) electrons. The summed E-state index contributed by atoms with van der Waals surface area (Å²) in [5, 5.41) is 5.43. The largest absolute Gasteiger partial charge is 0.354 e. The van der Waals surface area contributed by atoms with Crippen molar-refractivity contribution >= 4 is 11.8 Å². The Kier molecular flexibility index (Phi) is 5.30. The highest BCUT2D eigenvalue weighted by atomic mass is 16.2. The van der Waals surface area contributed by atoms with E-state index in [4.69, 9.17) is 0 Å². The Hall–Kier alpha value is -1.91. The standard InChI is InChI=1S/C13H19N3O2/c1-9(2)12(17)14-7-8-15-13(18)11-6-4-5-10(3)16-11/h4-6,9H,7-8H2,1-3H3,(H,14,17)(H,15,18). The third-order valence-corrected chi connectivity index (χ3v) is 2.36. The number of amides is 2. The van der Waals surface area contributed by atoms with Crippen LogP contribution in [0.15, 0.2) is 18.2 Å². The fourth-order valence-corrected chi connectivity index (χ4v) is 1.33. The predicted octanol–water partition coefficient (Wildman–Crippen LogP) is 0.892. The van der Waals surface area contributed by atoms with Crippen LogP contribution in [0.25, 0.3) is 0 Å². The molecular formula is C13H19N3O2. The molecule has 0 unspecified atom stereocenters. The molecule has 5 heteroatoms. The van der Waals surface area contributed by atoms with E-state index in [9.17, 15) is 9.59 Å². The summed E-state index contributed by atoms with van der Waals surface area (Å²) < 4.78 is 0. The maximum absolute atomic E-state index is 11.7. The number of aromatic nitrogens is 1. The van der Waals surface area contributed by atoms with Crippen molar-refractivity contribution in [2.75, 3.05) is 13.1 Å². The fourth-order valence-electron chi connectivity index (χ4n) is 1.33. The van der Waals surface area contributed by atoms with E-state index in [0.29, 0.717) is 18.8 Å². The number of rotatable bonds is 5. The normalized spacial score (nSPS) is 10.2. The van der Waals surface area contributed by atoms with Crippen molar-refractivity contribution in [1.82, 2.24) is 15.6 Å². The number of nitrogens with zero attached hydrogens (tertiary/aromatic N) is 1. The van der Waals surface area contributed by atoms with Gasteiger partial charge in [0.15, 0.2) is 0 Å². The van der Waals surface area contributed by atoms with Gasteiger partial charge in [-0.1, -0.05) is 19.9 Å². The van der Waals surface area contributed by atoms with Gasteiger partial charge in [0.1, 0.15) is 5.69 Å². The van der Waals surface area contributed by atoms with Crippen LogP contribution >= 0.6 is 0 Å². The minimum absolute atomic E-state index is 0.0158. The summed E-state index contributed by atoms with van der Waals surface area (Å²) in [6.45, 7) is 6.30. The molecule has 5 nitrogen and oxygen atoms in total. The first-order chi connectivity index (χ1) is 8.50. The third kappa shape index (κ3) is 4.53. The molecule has 0 fully saturated rings. The zero-order chi connectivity index (χ0) is 13.5. The summed E-state index contributed by atoms with van der Waals surface area (Å²) in [5.41, 5.74) is 1.20. The molecule has 98 valence electrons. The summed E-state index contributed by atoms with van der Waals surface area (Å²) in [6, 6.07) is 5.28. The molecule has 0 aliphatic carbocycles. The highest BCUT2D eigenvalue weighted by Gasteiger charge is 2.07. The fraction of sp³-hybridized carbons (Fsp3) is 0.462. The highest BCUT2D eigenvalue weighted by Crippen LogP contribution is 1.97. The quantitative estimate of drug-likeness (QED) is 0.761. The molecule has 0 atom stereocenters. The zero-order valence-electron chi connectivity index (χ0n) is 11.0. The molecule has 2 N–H and O–H groups in total. The minimum Gasteiger partial charge on any atom is -0.354 e. The van der Waals surface area contributed by atoms with Crippen LogP contribution in [0.2, 0.25) is 0 Å². The first kappa shape index (κ1) is 14.2. The van der Waals surface area contributed by atoms with E-state index in [1.807, 2.05) is 26.8 Å². The average Bonchev–Trinajstić information content (AvgIpc) is 2.33. The van der Waals surface area contributed by atoms with Crippen LogP contribution in [-0.4, -0.2) is 29.9 Å². The van der Waals surface area contributed by atoms with E-state index in [1.54, 1.807) is 12.1 Å². The Morgan fingerprint density at radius 2 is 1.89 bits per heavy atom. The Bertz CT molecular complexity index is 430. The Morgan fingerprint density at radius 1 is 1.22 bits per heavy atom. The van der Waals surface area contributed by atoms with E-state index < -0.39 is 0 Å². The lowest BCUT2D eigenvalue weighted by atomic mass is 10.2. The second kappa shape index (κ2) is 6.74. The molecule has 0 aliphatic heterocycles. The van der Waals surface area contributed by atoms with Crippen LogP contribution in [-0.2, 0) is 4.79 Å². The molecule has 18 heavy (non-hydrogen) atoms. The Labute approximate surface area is 107 Å². The molecule has 0 saturated carbocycles. The average molecular weight is 249 g/mol. The van der Waals surface area contributed by atoms with Crippen LogP contribution in [0.4, 0.5) is 0 Å². The lowest BCUT2D eigenvalue weighted by molar-refractivity contribution is -0.123. The molecule has 2 amide bonds. The van der Waals surface area contributed by atoms with Gasteiger partial charge in [-0.15, -0.1) is 0 Å². The first-order valence-electron chi connectivity index (χ1n) is 6.00. The molecule has 0 spiro atoms. The highest BCUT2D eigenvalue weighted by molar-refractivity contribution is 5.92. The second-order valence-electron chi connectivity index (χ2n) is 4.37. The number of hydrogen-bond donors (Lipinski definition) is 2. The first-order valence-corrected chi connectivity index (χ1v) is 6.00. The van der Waals surface area contributed by atoms with E-state index in [-0.39, 0.29) is 17.7 Å². The van der Waals surface area contributed by atoms with Crippen molar-refractivity contribution in [3.63, 3.8) is 0 Å². The predicted molar refractivity (Wildman–Crippen MR) is 69.2 cm³/mol. The number of hydrogen-bond acceptors (Lipinski definition) is 3. The molecule has 1 aromatic rings. The van der Waals surface area contributed by atoms with Gasteiger partial charge in [-0.2, -0.15) is 0 Å². The maximum Gasteiger partial charge on any atom is 0.269 e. The maximum atomic E-state index is 11.7. The lowest BCUT2D eigenvalue weighted by Gasteiger charge is -2.08. The van der Waals surface area contributed by atoms with Crippen molar-refractivity contribution in [1.29, 1.82) is 0 Å². The molecular weight excluding hydrogens is 230 g/mol. The molecule has 1 aromatic heterocycles. The number of nitrogens with one attached hydrogen (secondary N) is 2. The molecule has 0 aromatic carbocycles. The van der Waals surface area contributed by atoms with E-state index in [1.165, 1.54) is 0 Å². The molecule has 0 saturated heterocycles. The van der Waals surface area contributed by atoms with Gasteiger partial charge in [0, 0.05) is 24.7 Å². The molecule has 1 heterocycles. The van der Waals surface area contributed by atoms with Crippen molar-refractivity contribution in [3.8, 4) is 0 Å². The van der Waals surface area contributed by atoms with Crippen LogP contribution < -0.4 is 10.6 Å².